The highest BCUT2D eigenvalue weighted by molar-refractivity contribution is 4.88. The summed E-state index contributed by atoms with van der Waals surface area (Å²) < 4.78 is 0. The van der Waals surface area contributed by atoms with Crippen molar-refractivity contribution < 1.29 is 0 Å². The summed E-state index contributed by atoms with van der Waals surface area (Å²) in [7, 11) is 2.27. The molecule has 1 aliphatic carbocycles. The van der Waals surface area contributed by atoms with Gasteiger partial charge in [-0.1, -0.05) is 32.6 Å². The van der Waals surface area contributed by atoms with Gasteiger partial charge in [-0.2, -0.15) is 0 Å². The molecule has 3 nitrogen and oxygen atoms in total. The van der Waals surface area contributed by atoms with Gasteiger partial charge in [-0.3, -0.25) is 4.90 Å². The maximum absolute atomic E-state index is 6.15. The summed E-state index contributed by atoms with van der Waals surface area (Å²) in [6.07, 6.45) is 9.80. The molecule has 112 valence electrons. The second-order valence-electron chi connectivity index (χ2n) is 6.59. The Labute approximate surface area is 119 Å². The molecule has 1 saturated carbocycles. The Morgan fingerprint density at radius 2 is 1.79 bits per heavy atom. The van der Waals surface area contributed by atoms with Crippen molar-refractivity contribution in [2.75, 3.05) is 33.2 Å². The number of likely N-dealkylation sites (N-methyl/N-ethyl adjacent to an activating group) is 1. The van der Waals surface area contributed by atoms with Crippen LogP contribution in [-0.4, -0.2) is 55.1 Å². The molecule has 2 N–H and O–H groups in total. The number of rotatable bonds is 4. The second-order valence-corrected chi connectivity index (χ2v) is 6.59. The maximum Gasteiger partial charge on any atom is 0.0247 e. The van der Waals surface area contributed by atoms with Gasteiger partial charge in [-0.05, 0) is 32.2 Å². The molecule has 0 spiro atoms. The molecule has 0 aromatic heterocycles. The van der Waals surface area contributed by atoms with Gasteiger partial charge in [0, 0.05) is 38.3 Å². The van der Waals surface area contributed by atoms with Crippen LogP contribution in [0.5, 0.6) is 0 Å². The molecular weight excluding hydrogens is 234 g/mol. The summed E-state index contributed by atoms with van der Waals surface area (Å²) in [6.45, 7) is 6.82. The van der Waals surface area contributed by atoms with E-state index < -0.39 is 0 Å². The first-order chi connectivity index (χ1) is 9.26. The van der Waals surface area contributed by atoms with Gasteiger partial charge < -0.3 is 10.6 Å². The molecule has 1 saturated heterocycles. The second kappa shape index (κ2) is 7.61. The summed E-state index contributed by atoms with van der Waals surface area (Å²) in [4.78, 5) is 5.24. The van der Waals surface area contributed by atoms with Gasteiger partial charge in [0.1, 0.15) is 0 Å². The zero-order valence-electron chi connectivity index (χ0n) is 13.0. The number of piperazine rings is 1. The van der Waals surface area contributed by atoms with Gasteiger partial charge in [0.15, 0.2) is 0 Å². The van der Waals surface area contributed by atoms with E-state index in [0.29, 0.717) is 6.04 Å². The molecule has 0 aromatic carbocycles. The van der Waals surface area contributed by atoms with Crippen molar-refractivity contribution in [2.24, 2.45) is 11.7 Å². The lowest BCUT2D eigenvalue weighted by Crippen LogP contribution is -2.57. The van der Waals surface area contributed by atoms with Crippen LogP contribution in [0.1, 0.15) is 51.9 Å². The lowest BCUT2D eigenvalue weighted by Gasteiger charge is -2.45. The Balaban J connectivity index is 1.96. The van der Waals surface area contributed by atoms with E-state index in [1.54, 1.807) is 0 Å². The highest BCUT2D eigenvalue weighted by Crippen LogP contribution is 2.29. The minimum Gasteiger partial charge on any atom is -0.329 e. The molecule has 0 bridgehead atoms. The molecule has 2 unspecified atom stereocenters. The summed E-state index contributed by atoms with van der Waals surface area (Å²) in [5.74, 6) is 0.855. The molecule has 2 rings (SSSR count). The highest BCUT2D eigenvalue weighted by Gasteiger charge is 2.31. The van der Waals surface area contributed by atoms with Gasteiger partial charge >= 0.3 is 0 Å². The minimum absolute atomic E-state index is 0.640. The number of hydrogen-bond donors (Lipinski definition) is 1. The van der Waals surface area contributed by atoms with Crippen LogP contribution >= 0.6 is 0 Å². The third-order valence-electron chi connectivity index (χ3n) is 5.43. The number of hydrogen-bond acceptors (Lipinski definition) is 3. The van der Waals surface area contributed by atoms with Crippen LogP contribution in [-0.2, 0) is 0 Å². The Morgan fingerprint density at radius 1 is 1.11 bits per heavy atom. The SMILES string of the molecule is CCC1CN(C(CN)C2CCCCCC2)CCN1C. The Kier molecular flexibility index (Phi) is 6.11. The van der Waals surface area contributed by atoms with Crippen molar-refractivity contribution in [2.45, 2.75) is 64.0 Å². The van der Waals surface area contributed by atoms with Crippen LogP contribution in [0.15, 0.2) is 0 Å². The smallest absolute Gasteiger partial charge is 0.0247 e. The van der Waals surface area contributed by atoms with Crippen LogP contribution in [0.25, 0.3) is 0 Å². The Morgan fingerprint density at radius 3 is 2.37 bits per heavy atom. The van der Waals surface area contributed by atoms with E-state index in [2.05, 4.69) is 23.8 Å². The first-order valence-corrected chi connectivity index (χ1v) is 8.40. The molecule has 19 heavy (non-hydrogen) atoms. The fourth-order valence-electron chi connectivity index (χ4n) is 4.05. The number of nitrogens with zero attached hydrogens (tertiary/aromatic N) is 2. The van der Waals surface area contributed by atoms with Gasteiger partial charge in [-0.15, -0.1) is 0 Å². The predicted octanol–water partition coefficient (Wildman–Crippen LogP) is 2.31. The quantitative estimate of drug-likeness (QED) is 0.793. The minimum atomic E-state index is 0.640. The lowest BCUT2D eigenvalue weighted by atomic mass is 9.89. The van der Waals surface area contributed by atoms with E-state index in [0.717, 1.165) is 18.5 Å². The average molecular weight is 267 g/mol. The molecule has 0 radical (unpaired) electrons. The van der Waals surface area contributed by atoms with Crippen molar-refractivity contribution in [3.8, 4) is 0 Å². The topological polar surface area (TPSA) is 32.5 Å². The van der Waals surface area contributed by atoms with Crippen molar-refractivity contribution in [3.05, 3.63) is 0 Å². The zero-order valence-corrected chi connectivity index (χ0v) is 13.0. The normalized spacial score (nSPS) is 30.2. The van der Waals surface area contributed by atoms with E-state index in [1.807, 2.05) is 0 Å². The molecule has 1 heterocycles. The standard InChI is InChI=1S/C16H33N3/c1-3-15-13-19(11-10-18(15)2)16(12-17)14-8-6-4-5-7-9-14/h14-16H,3-13,17H2,1-2H3. The first kappa shape index (κ1) is 15.3. The zero-order chi connectivity index (χ0) is 13.7. The fraction of sp³-hybridized carbons (Fsp3) is 1.00. The van der Waals surface area contributed by atoms with Gasteiger partial charge in [-0.25, -0.2) is 0 Å². The number of nitrogens with two attached hydrogens (primary N) is 1. The average Bonchev–Trinajstić information content (AvgIpc) is 2.70. The molecule has 0 amide bonds. The summed E-state index contributed by atoms with van der Waals surface area (Å²) in [5, 5.41) is 0. The van der Waals surface area contributed by atoms with E-state index >= 15 is 0 Å². The summed E-state index contributed by atoms with van der Waals surface area (Å²) in [5.41, 5.74) is 6.15. The summed E-state index contributed by atoms with van der Waals surface area (Å²) >= 11 is 0. The van der Waals surface area contributed by atoms with Crippen LogP contribution in [0, 0.1) is 5.92 Å². The largest absolute Gasteiger partial charge is 0.329 e. The van der Waals surface area contributed by atoms with Crippen LogP contribution < -0.4 is 5.73 Å². The van der Waals surface area contributed by atoms with Crippen molar-refractivity contribution in [1.82, 2.24) is 9.80 Å². The van der Waals surface area contributed by atoms with Gasteiger partial charge in [0.25, 0.3) is 0 Å². The molecule has 3 heteroatoms. The highest BCUT2D eigenvalue weighted by atomic mass is 15.3. The van der Waals surface area contributed by atoms with Crippen molar-refractivity contribution in [1.29, 1.82) is 0 Å². The molecule has 1 aliphatic heterocycles. The molecule has 2 atom stereocenters. The van der Waals surface area contributed by atoms with E-state index in [1.165, 1.54) is 64.6 Å². The van der Waals surface area contributed by atoms with Crippen LogP contribution in [0.4, 0.5) is 0 Å². The van der Waals surface area contributed by atoms with E-state index in [-0.39, 0.29) is 0 Å². The Bertz CT molecular complexity index is 248. The molecular formula is C16H33N3. The lowest BCUT2D eigenvalue weighted by molar-refractivity contribution is 0.0408. The third-order valence-corrected chi connectivity index (χ3v) is 5.43. The van der Waals surface area contributed by atoms with Crippen LogP contribution in [0.3, 0.4) is 0 Å². The van der Waals surface area contributed by atoms with E-state index in [9.17, 15) is 0 Å². The van der Waals surface area contributed by atoms with Gasteiger partial charge in [0.05, 0.1) is 0 Å². The van der Waals surface area contributed by atoms with Crippen molar-refractivity contribution in [3.63, 3.8) is 0 Å². The molecule has 2 aliphatic rings. The Hall–Kier alpha value is -0.120. The monoisotopic (exact) mass is 267 g/mol. The summed E-state index contributed by atoms with van der Waals surface area (Å²) in [6, 6.07) is 1.37. The fourth-order valence-corrected chi connectivity index (χ4v) is 4.05. The van der Waals surface area contributed by atoms with Crippen LogP contribution in [0.2, 0.25) is 0 Å². The van der Waals surface area contributed by atoms with E-state index in [4.69, 9.17) is 5.73 Å². The van der Waals surface area contributed by atoms with Gasteiger partial charge in [0.2, 0.25) is 0 Å². The first-order valence-electron chi connectivity index (χ1n) is 8.40. The molecule has 0 aromatic rings. The van der Waals surface area contributed by atoms with Crippen molar-refractivity contribution >= 4 is 0 Å². The predicted molar refractivity (Wildman–Crippen MR) is 82.3 cm³/mol. The third kappa shape index (κ3) is 3.93. The maximum atomic E-state index is 6.15. The molecule has 2 fully saturated rings.